The second-order valence-corrected chi connectivity index (χ2v) is 3.87. The zero-order valence-electron chi connectivity index (χ0n) is 6.02. The van der Waals surface area contributed by atoms with E-state index in [-0.39, 0.29) is 11.2 Å². The highest BCUT2D eigenvalue weighted by molar-refractivity contribution is 9.12. The Labute approximate surface area is 68.9 Å². The van der Waals surface area contributed by atoms with Gasteiger partial charge in [0.1, 0.15) is 0 Å². The van der Waals surface area contributed by atoms with Crippen molar-refractivity contribution < 1.29 is 4.79 Å². The van der Waals surface area contributed by atoms with Crippen LogP contribution in [0.3, 0.4) is 0 Å². The lowest BCUT2D eigenvalue weighted by molar-refractivity contribution is -0.110. The summed E-state index contributed by atoms with van der Waals surface area (Å²) in [6, 6.07) is 0. The second kappa shape index (κ2) is 2.35. The maximum Gasteiger partial charge on any atom is 0.192 e. The van der Waals surface area contributed by atoms with Gasteiger partial charge in [0.05, 0.1) is 4.48 Å². The van der Waals surface area contributed by atoms with Crippen molar-refractivity contribution in [3.63, 3.8) is 0 Å². The Morgan fingerprint density at radius 3 is 2.50 bits per heavy atom. The van der Waals surface area contributed by atoms with Crippen molar-refractivity contribution in [1.82, 2.24) is 0 Å². The van der Waals surface area contributed by atoms with Crippen LogP contribution in [0, 0.1) is 5.41 Å². The summed E-state index contributed by atoms with van der Waals surface area (Å²) < 4.78 is 0.667. The van der Waals surface area contributed by atoms with Gasteiger partial charge in [-0.3, -0.25) is 4.79 Å². The van der Waals surface area contributed by atoms with Gasteiger partial charge in [0, 0.05) is 5.41 Å². The Kier molecular flexibility index (Phi) is 1.82. The number of hydrogen-bond acceptors (Lipinski definition) is 1. The molecule has 0 N–H and O–H groups in total. The highest BCUT2D eigenvalue weighted by Crippen LogP contribution is 2.27. The molecule has 0 radical (unpaired) electrons. The average Bonchev–Trinajstić information content (AvgIpc) is 1.79. The van der Waals surface area contributed by atoms with E-state index in [0.29, 0.717) is 4.48 Å². The highest BCUT2D eigenvalue weighted by atomic mass is 79.9. The first-order valence-electron chi connectivity index (χ1n) is 3.13. The van der Waals surface area contributed by atoms with Crippen molar-refractivity contribution in [3.05, 3.63) is 22.7 Å². The molecular weight excluding hydrogens is 192 g/mol. The molecule has 2 heteroatoms. The van der Waals surface area contributed by atoms with Crippen LogP contribution in [-0.4, -0.2) is 5.78 Å². The Balaban J connectivity index is 2.95. The van der Waals surface area contributed by atoms with Gasteiger partial charge in [-0.05, 0) is 22.0 Å². The minimum absolute atomic E-state index is 0.0206. The van der Waals surface area contributed by atoms with E-state index in [0.717, 1.165) is 0 Å². The van der Waals surface area contributed by atoms with E-state index in [1.807, 2.05) is 12.2 Å². The third-order valence-electron chi connectivity index (χ3n) is 1.40. The summed E-state index contributed by atoms with van der Waals surface area (Å²) >= 11 is 3.19. The topological polar surface area (TPSA) is 17.1 Å². The summed E-state index contributed by atoms with van der Waals surface area (Å²) in [5, 5.41) is 0. The molecule has 0 aromatic rings. The monoisotopic (exact) mass is 200 g/mol. The number of allylic oxidation sites excluding steroid dienone is 4. The van der Waals surface area contributed by atoms with E-state index >= 15 is 0 Å². The maximum atomic E-state index is 10.9. The van der Waals surface area contributed by atoms with Crippen molar-refractivity contribution in [2.75, 3.05) is 0 Å². The minimum atomic E-state index is 0.0206. The lowest BCUT2D eigenvalue weighted by Gasteiger charge is -2.18. The largest absolute Gasteiger partial charge is 0.289 e. The molecule has 0 atom stereocenters. The van der Waals surface area contributed by atoms with Gasteiger partial charge in [-0.1, -0.05) is 26.0 Å². The normalized spacial score (nSPS) is 22.7. The standard InChI is InChI=1S/C8H9BrO/c1-8(2)4-3-7(10)6(9)5-8/h3-5H,1-2H3. The van der Waals surface area contributed by atoms with Gasteiger partial charge in [-0.2, -0.15) is 0 Å². The molecule has 0 aliphatic heterocycles. The van der Waals surface area contributed by atoms with Crippen LogP contribution in [0.5, 0.6) is 0 Å². The molecule has 0 unspecified atom stereocenters. The van der Waals surface area contributed by atoms with Crippen LogP contribution < -0.4 is 0 Å². The number of rotatable bonds is 0. The fourth-order valence-electron chi connectivity index (χ4n) is 0.816. The minimum Gasteiger partial charge on any atom is -0.289 e. The summed E-state index contributed by atoms with van der Waals surface area (Å²) in [5.41, 5.74) is 0.0206. The first-order valence-corrected chi connectivity index (χ1v) is 3.92. The van der Waals surface area contributed by atoms with E-state index < -0.39 is 0 Å². The quantitative estimate of drug-likeness (QED) is 0.588. The molecule has 0 spiro atoms. The Hall–Kier alpha value is -0.370. The SMILES string of the molecule is CC1(C)C=CC(=O)C(Br)=C1. The Bertz CT molecular complexity index is 223. The molecule has 0 fully saturated rings. The summed E-state index contributed by atoms with van der Waals surface area (Å²) in [6.45, 7) is 4.11. The molecule has 0 amide bonds. The molecule has 1 rings (SSSR count). The first kappa shape index (κ1) is 7.73. The molecule has 0 saturated carbocycles. The molecule has 0 saturated heterocycles. The van der Waals surface area contributed by atoms with Crippen LogP contribution in [0.1, 0.15) is 13.8 Å². The molecule has 1 aliphatic rings. The number of ketones is 1. The Morgan fingerprint density at radius 2 is 2.10 bits per heavy atom. The summed E-state index contributed by atoms with van der Waals surface area (Å²) in [6.07, 6.45) is 5.42. The predicted molar refractivity (Wildman–Crippen MR) is 44.9 cm³/mol. The van der Waals surface area contributed by atoms with E-state index in [4.69, 9.17) is 0 Å². The summed E-state index contributed by atoms with van der Waals surface area (Å²) in [7, 11) is 0. The lowest BCUT2D eigenvalue weighted by atomic mass is 9.89. The molecular formula is C8H9BrO. The number of carbonyl (C=O) groups is 1. The number of hydrogen-bond donors (Lipinski definition) is 0. The zero-order valence-corrected chi connectivity index (χ0v) is 7.60. The third kappa shape index (κ3) is 1.57. The van der Waals surface area contributed by atoms with Crippen LogP contribution in [-0.2, 0) is 4.79 Å². The maximum absolute atomic E-state index is 10.9. The van der Waals surface area contributed by atoms with E-state index in [1.165, 1.54) is 0 Å². The van der Waals surface area contributed by atoms with Gasteiger partial charge in [0.25, 0.3) is 0 Å². The Morgan fingerprint density at radius 1 is 1.50 bits per heavy atom. The van der Waals surface area contributed by atoms with Crippen molar-refractivity contribution in [3.8, 4) is 0 Å². The average molecular weight is 201 g/mol. The van der Waals surface area contributed by atoms with Gasteiger partial charge >= 0.3 is 0 Å². The van der Waals surface area contributed by atoms with Gasteiger partial charge < -0.3 is 0 Å². The van der Waals surface area contributed by atoms with Crippen LogP contribution in [0.15, 0.2) is 22.7 Å². The van der Waals surface area contributed by atoms with Gasteiger partial charge in [0.2, 0.25) is 0 Å². The fraction of sp³-hybridized carbons (Fsp3) is 0.375. The summed E-state index contributed by atoms with van der Waals surface area (Å²) in [5.74, 6) is 0.0549. The van der Waals surface area contributed by atoms with Gasteiger partial charge in [-0.25, -0.2) is 0 Å². The highest BCUT2D eigenvalue weighted by Gasteiger charge is 2.18. The molecule has 0 bridgehead atoms. The van der Waals surface area contributed by atoms with E-state index in [9.17, 15) is 4.79 Å². The molecule has 1 aliphatic carbocycles. The second-order valence-electron chi connectivity index (χ2n) is 3.01. The molecule has 10 heavy (non-hydrogen) atoms. The third-order valence-corrected chi connectivity index (χ3v) is 2.02. The van der Waals surface area contributed by atoms with Crippen molar-refractivity contribution >= 4 is 21.7 Å². The molecule has 54 valence electrons. The van der Waals surface area contributed by atoms with Crippen LogP contribution in [0.25, 0.3) is 0 Å². The van der Waals surface area contributed by atoms with Crippen molar-refractivity contribution in [2.24, 2.45) is 5.41 Å². The number of carbonyl (C=O) groups excluding carboxylic acids is 1. The van der Waals surface area contributed by atoms with Gasteiger partial charge in [0.15, 0.2) is 5.78 Å². The zero-order chi connectivity index (χ0) is 7.78. The van der Waals surface area contributed by atoms with Crippen molar-refractivity contribution in [1.29, 1.82) is 0 Å². The molecule has 1 nitrogen and oxygen atoms in total. The van der Waals surface area contributed by atoms with Crippen LogP contribution >= 0.6 is 15.9 Å². The van der Waals surface area contributed by atoms with Gasteiger partial charge in [-0.15, -0.1) is 0 Å². The molecule has 0 aromatic heterocycles. The number of halogens is 1. The predicted octanol–water partition coefficient (Wildman–Crippen LogP) is 2.43. The summed E-state index contributed by atoms with van der Waals surface area (Å²) in [4.78, 5) is 10.9. The van der Waals surface area contributed by atoms with Crippen LogP contribution in [0.2, 0.25) is 0 Å². The molecule has 0 aromatic carbocycles. The van der Waals surface area contributed by atoms with E-state index in [2.05, 4.69) is 29.8 Å². The first-order chi connectivity index (χ1) is 4.51. The lowest BCUT2D eigenvalue weighted by Crippen LogP contribution is -2.11. The van der Waals surface area contributed by atoms with Crippen molar-refractivity contribution in [2.45, 2.75) is 13.8 Å². The van der Waals surface area contributed by atoms with E-state index in [1.54, 1.807) is 6.08 Å². The van der Waals surface area contributed by atoms with Crippen LogP contribution in [0.4, 0.5) is 0 Å². The fourth-order valence-corrected chi connectivity index (χ4v) is 1.54. The molecule has 0 heterocycles. The smallest absolute Gasteiger partial charge is 0.192 e.